The number of hydrogen-bond acceptors (Lipinski definition) is 19. The number of hydrogen-bond donors (Lipinski definition) is 1. The molecule has 4 heterocycles. The molecule has 4 unspecified atom stereocenters. The SMILES string of the molecule is CCCCCCCCN1C(=O)C2C(C(=O)N(CC(=O)Nc3cc(OCCOCCOCCOCCOCCOCCOC)cc(OCCOCCOCCOCCOCCOCCOC)c3)C2c2cccs2)C1c1cccs1. The first-order valence-corrected chi connectivity index (χ1v) is 29.4. The second-order valence-corrected chi connectivity index (χ2v) is 20.2. The van der Waals surface area contributed by atoms with E-state index >= 15 is 0 Å². The minimum atomic E-state index is -0.615. The van der Waals surface area contributed by atoms with E-state index in [9.17, 15) is 14.4 Å². The van der Waals surface area contributed by atoms with Crippen LogP contribution >= 0.6 is 22.7 Å². The number of carbonyl (C=O) groups excluding carboxylic acids is 3. The normalized spacial score (nSPS) is 17.2. The monoisotopic (exact) mass is 1140 g/mol. The van der Waals surface area contributed by atoms with Crippen molar-refractivity contribution in [3.8, 4) is 11.5 Å². The third-order valence-corrected chi connectivity index (χ3v) is 14.5. The number of nitrogens with one attached hydrogen (secondary N) is 1. The fourth-order valence-electron chi connectivity index (χ4n) is 8.93. The van der Waals surface area contributed by atoms with E-state index in [1.54, 1.807) is 48.7 Å². The Hall–Kier alpha value is -3.85. The molecule has 2 aliphatic heterocycles. The quantitative estimate of drug-likeness (QED) is 0.0584. The molecule has 2 aromatic heterocycles. The predicted octanol–water partition coefficient (Wildman–Crippen LogP) is 6.72. The lowest BCUT2D eigenvalue weighted by Crippen LogP contribution is -2.41. The van der Waals surface area contributed by atoms with Crippen LogP contribution in [0, 0.1) is 11.8 Å². The van der Waals surface area contributed by atoms with Crippen molar-refractivity contribution in [3.05, 3.63) is 63.0 Å². The number of thiophene rings is 2. The van der Waals surface area contributed by atoms with Gasteiger partial charge in [0.15, 0.2) is 0 Å². The van der Waals surface area contributed by atoms with E-state index in [1.165, 1.54) is 30.6 Å². The Balaban J connectivity index is 1.10. The molecule has 0 radical (unpaired) electrons. The number of unbranched alkanes of at least 4 members (excludes halogenated alkanes) is 5. The molecular weight excluding hydrogens is 1050 g/mol. The Morgan fingerprint density at radius 1 is 0.474 bits per heavy atom. The predicted molar refractivity (Wildman–Crippen MR) is 296 cm³/mol. The second-order valence-electron chi connectivity index (χ2n) is 18.3. The van der Waals surface area contributed by atoms with Crippen molar-refractivity contribution in [1.82, 2.24) is 9.80 Å². The van der Waals surface area contributed by atoms with Gasteiger partial charge in [0, 0.05) is 54.4 Å². The molecule has 1 aromatic carbocycles. The topological polar surface area (TPSA) is 199 Å². The van der Waals surface area contributed by atoms with Gasteiger partial charge < -0.3 is 81.4 Å². The van der Waals surface area contributed by atoms with E-state index in [0.29, 0.717) is 156 Å². The molecule has 2 fully saturated rings. The summed E-state index contributed by atoms with van der Waals surface area (Å²) in [6.45, 7) is 12.9. The molecule has 0 bridgehead atoms. The van der Waals surface area contributed by atoms with Gasteiger partial charge in [-0.25, -0.2) is 0 Å². The summed E-state index contributed by atoms with van der Waals surface area (Å²) in [5, 5.41) is 6.94. The number of amides is 3. The molecule has 22 heteroatoms. The summed E-state index contributed by atoms with van der Waals surface area (Å²) in [4.78, 5) is 49.0. The number of fused-ring (bicyclic) bond motifs is 1. The number of rotatable bonds is 50. The smallest absolute Gasteiger partial charge is 0.244 e. The van der Waals surface area contributed by atoms with Crippen LogP contribution < -0.4 is 14.8 Å². The maximum absolute atomic E-state index is 14.8. The van der Waals surface area contributed by atoms with E-state index in [0.717, 1.165) is 29.0 Å². The lowest BCUT2D eigenvalue weighted by Gasteiger charge is -2.31. The van der Waals surface area contributed by atoms with E-state index in [-0.39, 0.29) is 50.8 Å². The van der Waals surface area contributed by atoms with Gasteiger partial charge in [0.1, 0.15) is 31.3 Å². The number of ether oxygens (including phenoxy) is 14. The van der Waals surface area contributed by atoms with Gasteiger partial charge in [-0.15, -0.1) is 22.7 Å². The van der Waals surface area contributed by atoms with Crippen LogP contribution in [-0.4, -0.2) is 213 Å². The number of anilines is 1. The van der Waals surface area contributed by atoms with Crippen LogP contribution in [-0.2, 0) is 71.2 Å². The molecule has 2 saturated heterocycles. The highest BCUT2D eigenvalue weighted by molar-refractivity contribution is 7.10. The summed E-state index contributed by atoms with van der Waals surface area (Å²) >= 11 is 3.06. The lowest BCUT2D eigenvalue weighted by molar-refractivity contribution is -0.138. The second kappa shape index (κ2) is 41.2. The maximum Gasteiger partial charge on any atom is 0.244 e. The summed E-state index contributed by atoms with van der Waals surface area (Å²) in [5.41, 5.74) is 0.412. The summed E-state index contributed by atoms with van der Waals surface area (Å²) in [7, 11) is 3.27. The van der Waals surface area contributed by atoms with E-state index in [1.807, 2.05) is 39.9 Å². The Kier molecular flexibility index (Phi) is 34.3. The van der Waals surface area contributed by atoms with Gasteiger partial charge in [0.25, 0.3) is 0 Å². The molecule has 78 heavy (non-hydrogen) atoms. The Morgan fingerprint density at radius 3 is 1.22 bits per heavy atom. The van der Waals surface area contributed by atoms with Crippen LogP contribution in [0.4, 0.5) is 5.69 Å². The van der Waals surface area contributed by atoms with Crippen molar-refractivity contribution in [3.63, 3.8) is 0 Å². The molecule has 2 aliphatic rings. The van der Waals surface area contributed by atoms with Crippen molar-refractivity contribution >= 4 is 46.1 Å². The highest BCUT2D eigenvalue weighted by Gasteiger charge is 2.63. The molecule has 1 N–H and O–H groups in total. The van der Waals surface area contributed by atoms with Gasteiger partial charge >= 0.3 is 0 Å². The molecule has 3 aromatic rings. The summed E-state index contributed by atoms with van der Waals surface area (Å²) in [5.74, 6) is -0.989. The van der Waals surface area contributed by atoms with Crippen LogP contribution in [0.5, 0.6) is 11.5 Å². The van der Waals surface area contributed by atoms with Crippen LogP contribution in [0.2, 0.25) is 0 Å². The number of methoxy groups -OCH3 is 2. The van der Waals surface area contributed by atoms with Crippen molar-refractivity contribution < 1.29 is 80.7 Å². The summed E-state index contributed by atoms with van der Waals surface area (Å²) < 4.78 is 77.7. The van der Waals surface area contributed by atoms with E-state index in [4.69, 9.17) is 66.3 Å². The highest BCUT2D eigenvalue weighted by atomic mass is 32.1. The summed E-state index contributed by atoms with van der Waals surface area (Å²) in [6.07, 6.45) is 6.58. The standard InChI is InChI=1S/C56H87N3O17S2/c1-4-5-6-7-8-9-14-58-53(48-12-10-39-77-48)51-52(55(58)61)54(49-13-11-40-78-49)59(56(51)62)44-50(60)57-45-41-46(75-37-35-73-33-31-71-29-27-69-25-23-67-21-19-65-17-15-63-2)43-47(42-45)76-38-36-74-34-32-72-30-28-70-26-24-68-22-20-66-18-16-64-3/h10-13,39-43,51-54H,4-9,14-38,44H2,1-3H3,(H,57,60). The van der Waals surface area contributed by atoms with Gasteiger partial charge in [0.2, 0.25) is 17.7 Å². The van der Waals surface area contributed by atoms with Gasteiger partial charge in [-0.05, 0) is 29.3 Å². The van der Waals surface area contributed by atoms with Crippen LogP contribution in [0.1, 0.15) is 67.3 Å². The first-order chi connectivity index (χ1) is 38.5. The van der Waals surface area contributed by atoms with Crippen molar-refractivity contribution in [2.45, 2.75) is 57.5 Å². The first kappa shape index (κ1) is 65.0. The third-order valence-electron chi connectivity index (χ3n) is 12.6. The molecule has 3 amide bonds. The molecule has 5 rings (SSSR count). The van der Waals surface area contributed by atoms with E-state index < -0.39 is 23.8 Å². The first-order valence-electron chi connectivity index (χ1n) is 27.6. The van der Waals surface area contributed by atoms with Gasteiger partial charge in [0.05, 0.1) is 169 Å². The lowest BCUT2D eigenvalue weighted by atomic mass is 9.87. The zero-order valence-corrected chi connectivity index (χ0v) is 47.9. The molecule has 20 nitrogen and oxygen atoms in total. The van der Waals surface area contributed by atoms with Crippen LogP contribution in [0.3, 0.4) is 0 Å². The van der Waals surface area contributed by atoms with Crippen LogP contribution in [0.25, 0.3) is 0 Å². The fourth-order valence-corrected chi connectivity index (χ4v) is 10.7. The molecular formula is C56H87N3O17S2. The average Bonchev–Trinajstić information content (AvgIpc) is 4.41. The van der Waals surface area contributed by atoms with Crippen molar-refractivity contribution in [2.24, 2.45) is 11.8 Å². The van der Waals surface area contributed by atoms with Gasteiger partial charge in [-0.1, -0.05) is 51.2 Å². The van der Waals surface area contributed by atoms with Gasteiger partial charge in [-0.2, -0.15) is 0 Å². The zero-order chi connectivity index (χ0) is 55.1. The third kappa shape index (κ3) is 24.5. The number of benzene rings is 1. The van der Waals surface area contributed by atoms with E-state index in [2.05, 4.69) is 12.2 Å². The molecule has 4 atom stereocenters. The minimum Gasteiger partial charge on any atom is -0.491 e. The fraction of sp³-hybridized carbons (Fsp3) is 0.696. The van der Waals surface area contributed by atoms with Crippen molar-refractivity contribution in [2.75, 3.05) is 191 Å². The summed E-state index contributed by atoms with van der Waals surface area (Å²) in [6, 6.07) is 12.0. The Morgan fingerprint density at radius 2 is 0.833 bits per heavy atom. The molecule has 0 saturated carbocycles. The zero-order valence-electron chi connectivity index (χ0n) is 46.3. The molecule has 0 spiro atoms. The Bertz CT molecular complexity index is 1950. The maximum atomic E-state index is 14.8. The van der Waals surface area contributed by atoms with Crippen LogP contribution in [0.15, 0.2) is 53.2 Å². The van der Waals surface area contributed by atoms with Gasteiger partial charge in [-0.3, -0.25) is 14.4 Å². The number of likely N-dealkylation sites (tertiary alicyclic amines) is 2. The Labute approximate surface area is 469 Å². The minimum absolute atomic E-state index is 0.0278. The molecule has 0 aliphatic carbocycles. The largest absolute Gasteiger partial charge is 0.491 e. The number of nitrogens with zero attached hydrogens (tertiary/aromatic N) is 2. The highest BCUT2D eigenvalue weighted by Crippen LogP contribution is 2.55. The number of carbonyl (C=O) groups is 3. The molecule has 440 valence electrons. The average molecular weight is 1140 g/mol. The van der Waals surface area contributed by atoms with Crippen molar-refractivity contribution in [1.29, 1.82) is 0 Å².